The third-order valence-corrected chi connectivity index (χ3v) is 4.22. The fraction of sp³-hybridized carbons (Fsp3) is 0.583. The van der Waals surface area contributed by atoms with Crippen LogP contribution in [0.2, 0.25) is 0 Å². The van der Waals surface area contributed by atoms with Crippen LogP contribution in [0.15, 0.2) is 15.9 Å². The van der Waals surface area contributed by atoms with Crippen LogP contribution in [0.5, 0.6) is 0 Å². The minimum atomic E-state index is -0.0273. The van der Waals surface area contributed by atoms with Crippen molar-refractivity contribution < 1.29 is 4.79 Å². The first-order chi connectivity index (χ1) is 7.84. The summed E-state index contributed by atoms with van der Waals surface area (Å²) in [5, 5.41) is 0. The molecule has 0 saturated heterocycles. The van der Waals surface area contributed by atoms with E-state index in [4.69, 9.17) is 5.73 Å². The smallest absolute Gasteiger partial charge is 0.227 e. The van der Waals surface area contributed by atoms with E-state index < -0.39 is 0 Å². The summed E-state index contributed by atoms with van der Waals surface area (Å²) in [5.74, 6) is 0.140. The second kappa shape index (κ2) is 7.48. The van der Waals surface area contributed by atoms with Gasteiger partial charge >= 0.3 is 0 Å². The monoisotopic (exact) mass is 354 g/mol. The summed E-state index contributed by atoms with van der Waals surface area (Å²) in [6.07, 6.45) is 0.466. The molecule has 6 heteroatoms. The van der Waals surface area contributed by atoms with Crippen molar-refractivity contribution in [2.45, 2.75) is 20.3 Å². The number of amides is 1. The Hall–Kier alpha value is -0.100. The van der Waals surface area contributed by atoms with Crippen LogP contribution in [-0.2, 0) is 11.2 Å². The Morgan fingerprint density at radius 1 is 1.50 bits per heavy atom. The molecule has 0 fully saturated rings. The highest BCUT2D eigenvalue weighted by molar-refractivity contribution is 9.11. The molecule has 104 valence electrons. The molecule has 1 aromatic heterocycles. The lowest BCUT2D eigenvalue weighted by Gasteiger charge is -2.29. The molecule has 1 amide bonds. The lowest BCUT2D eigenvalue weighted by atomic mass is 9.93. The zero-order chi connectivity index (χ0) is 13.1. The van der Waals surface area contributed by atoms with Gasteiger partial charge in [-0.15, -0.1) is 23.7 Å². The number of nitrogens with two attached hydrogens (primary N) is 1. The predicted molar refractivity (Wildman–Crippen MR) is 83.4 cm³/mol. The number of likely N-dealkylation sites (N-methyl/N-ethyl adjacent to an activating group) is 1. The summed E-state index contributed by atoms with van der Waals surface area (Å²) in [5.41, 5.74) is 5.64. The number of carbonyl (C=O) groups is 1. The van der Waals surface area contributed by atoms with Crippen molar-refractivity contribution in [1.29, 1.82) is 0 Å². The molecule has 0 saturated carbocycles. The molecule has 0 bridgehead atoms. The molecule has 18 heavy (non-hydrogen) atoms. The summed E-state index contributed by atoms with van der Waals surface area (Å²) >= 11 is 5.00. The number of thiophene rings is 1. The fourth-order valence-corrected chi connectivity index (χ4v) is 3.00. The van der Waals surface area contributed by atoms with E-state index in [9.17, 15) is 4.79 Å². The maximum atomic E-state index is 12.0. The van der Waals surface area contributed by atoms with Gasteiger partial charge in [-0.2, -0.15) is 0 Å². The summed E-state index contributed by atoms with van der Waals surface area (Å²) in [6.45, 7) is 5.40. The van der Waals surface area contributed by atoms with E-state index >= 15 is 0 Å². The van der Waals surface area contributed by atoms with Gasteiger partial charge in [0, 0.05) is 18.5 Å². The first-order valence-corrected chi connectivity index (χ1v) is 7.13. The maximum absolute atomic E-state index is 12.0. The van der Waals surface area contributed by atoms with E-state index in [0.717, 1.165) is 8.66 Å². The van der Waals surface area contributed by atoms with Crippen LogP contribution in [-0.4, -0.2) is 30.9 Å². The molecule has 1 rings (SSSR count). The molecule has 0 aliphatic carbocycles. The lowest BCUT2D eigenvalue weighted by molar-refractivity contribution is -0.130. The Balaban J connectivity index is 0.00000289. The Morgan fingerprint density at radius 2 is 2.11 bits per heavy atom. The highest BCUT2D eigenvalue weighted by Crippen LogP contribution is 2.23. The number of rotatable bonds is 5. The third kappa shape index (κ3) is 5.69. The van der Waals surface area contributed by atoms with Crippen LogP contribution in [0.1, 0.15) is 18.7 Å². The molecule has 2 N–H and O–H groups in total. The normalized spacial score (nSPS) is 10.9. The van der Waals surface area contributed by atoms with Crippen LogP contribution in [0.4, 0.5) is 0 Å². The van der Waals surface area contributed by atoms with Crippen molar-refractivity contribution in [3.8, 4) is 0 Å². The standard InChI is InChI=1S/C12H19BrN2OS.ClH/c1-12(2,7-14)8-15(3)11(16)6-9-4-5-10(13)17-9;/h4-5H,6-8,14H2,1-3H3;1H. The summed E-state index contributed by atoms with van der Waals surface area (Å²) in [4.78, 5) is 14.8. The van der Waals surface area contributed by atoms with Gasteiger partial charge in [0.05, 0.1) is 10.2 Å². The fourth-order valence-electron chi connectivity index (χ4n) is 1.53. The van der Waals surface area contributed by atoms with E-state index in [1.165, 1.54) is 0 Å². The van der Waals surface area contributed by atoms with Crippen LogP contribution in [0.25, 0.3) is 0 Å². The van der Waals surface area contributed by atoms with Crippen molar-refractivity contribution in [3.63, 3.8) is 0 Å². The third-order valence-electron chi connectivity index (χ3n) is 2.60. The van der Waals surface area contributed by atoms with Crippen molar-refractivity contribution in [2.75, 3.05) is 20.1 Å². The zero-order valence-corrected chi connectivity index (χ0v) is 14.1. The van der Waals surface area contributed by atoms with Gasteiger partial charge in [0.25, 0.3) is 0 Å². The van der Waals surface area contributed by atoms with Gasteiger partial charge in [0.1, 0.15) is 0 Å². The highest BCUT2D eigenvalue weighted by Gasteiger charge is 2.21. The van der Waals surface area contributed by atoms with Crippen molar-refractivity contribution in [2.24, 2.45) is 11.1 Å². The molecule has 0 spiro atoms. The maximum Gasteiger partial charge on any atom is 0.227 e. The molecule has 0 radical (unpaired) electrons. The van der Waals surface area contributed by atoms with E-state index in [1.54, 1.807) is 16.2 Å². The number of nitrogens with zero attached hydrogens (tertiary/aromatic N) is 1. The largest absolute Gasteiger partial charge is 0.345 e. The summed E-state index contributed by atoms with van der Waals surface area (Å²) < 4.78 is 1.06. The van der Waals surface area contributed by atoms with E-state index in [-0.39, 0.29) is 23.7 Å². The number of hydrogen-bond acceptors (Lipinski definition) is 3. The van der Waals surface area contributed by atoms with E-state index in [1.807, 2.05) is 19.2 Å². The minimum absolute atomic E-state index is 0. The van der Waals surface area contributed by atoms with Crippen LogP contribution in [0, 0.1) is 5.41 Å². The number of hydrogen-bond donors (Lipinski definition) is 1. The second-order valence-corrected chi connectivity index (χ2v) is 7.55. The van der Waals surface area contributed by atoms with Crippen LogP contribution < -0.4 is 5.73 Å². The van der Waals surface area contributed by atoms with Gasteiger partial charge in [-0.3, -0.25) is 4.79 Å². The van der Waals surface area contributed by atoms with Gasteiger partial charge in [-0.05, 0) is 40.0 Å². The average Bonchev–Trinajstić information content (AvgIpc) is 2.63. The molecule has 1 aromatic rings. The van der Waals surface area contributed by atoms with Gasteiger partial charge < -0.3 is 10.6 Å². The predicted octanol–water partition coefficient (Wildman–Crippen LogP) is 2.92. The zero-order valence-electron chi connectivity index (χ0n) is 10.9. The van der Waals surface area contributed by atoms with Gasteiger partial charge in [-0.1, -0.05) is 13.8 Å². The van der Waals surface area contributed by atoms with E-state index in [2.05, 4.69) is 29.8 Å². The molecular weight excluding hydrogens is 336 g/mol. The van der Waals surface area contributed by atoms with Gasteiger partial charge in [-0.25, -0.2) is 0 Å². The molecule has 3 nitrogen and oxygen atoms in total. The lowest BCUT2D eigenvalue weighted by Crippen LogP contribution is -2.40. The van der Waals surface area contributed by atoms with E-state index in [0.29, 0.717) is 19.5 Å². The SMILES string of the molecule is CN(CC(C)(C)CN)C(=O)Cc1ccc(Br)s1.Cl. The van der Waals surface area contributed by atoms with Gasteiger partial charge in [0.2, 0.25) is 5.91 Å². The van der Waals surface area contributed by atoms with Crippen molar-refractivity contribution in [3.05, 3.63) is 20.8 Å². The molecular formula is C12H20BrClN2OS. The Kier molecular flexibility index (Phi) is 7.44. The Labute approximate surface area is 127 Å². The first-order valence-electron chi connectivity index (χ1n) is 5.52. The summed E-state index contributed by atoms with van der Waals surface area (Å²) in [7, 11) is 1.84. The average molecular weight is 356 g/mol. The van der Waals surface area contributed by atoms with Gasteiger partial charge in [0.15, 0.2) is 0 Å². The Bertz CT molecular complexity index is 395. The molecule has 0 atom stereocenters. The molecule has 0 aliphatic heterocycles. The van der Waals surface area contributed by atoms with Crippen LogP contribution in [0.3, 0.4) is 0 Å². The molecule has 0 aromatic carbocycles. The molecule has 0 unspecified atom stereocenters. The van der Waals surface area contributed by atoms with Crippen molar-refractivity contribution in [1.82, 2.24) is 4.90 Å². The topological polar surface area (TPSA) is 46.3 Å². The first kappa shape index (κ1) is 17.9. The molecule has 0 aliphatic rings. The number of carbonyl (C=O) groups excluding carboxylic acids is 1. The quantitative estimate of drug-likeness (QED) is 0.882. The molecule has 1 heterocycles. The van der Waals surface area contributed by atoms with Crippen LogP contribution >= 0.6 is 39.7 Å². The number of halogens is 2. The van der Waals surface area contributed by atoms with Crippen molar-refractivity contribution >= 4 is 45.6 Å². The second-order valence-electron chi connectivity index (χ2n) is 5.00. The highest BCUT2D eigenvalue weighted by atomic mass is 79.9. The minimum Gasteiger partial charge on any atom is -0.345 e. The summed E-state index contributed by atoms with van der Waals surface area (Å²) in [6, 6.07) is 3.95. The Morgan fingerprint density at radius 3 is 2.56 bits per heavy atom.